The number of imidazole rings is 1. The van der Waals surface area contributed by atoms with Crippen LogP contribution in [0.3, 0.4) is 0 Å². The van der Waals surface area contributed by atoms with Crippen molar-refractivity contribution in [1.29, 1.82) is 0 Å². The van der Waals surface area contributed by atoms with Crippen molar-refractivity contribution in [2.75, 3.05) is 0 Å². The lowest BCUT2D eigenvalue weighted by molar-refractivity contribution is -0.648. The predicted octanol–water partition coefficient (Wildman–Crippen LogP) is 3.23. The Morgan fingerprint density at radius 3 is 2.88 bits per heavy atom. The summed E-state index contributed by atoms with van der Waals surface area (Å²) in [5.74, 6) is 0.948. The van der Waals surface area contributed by atoms with Gasteiger partial charge >= 0.3 is 0 Å². The minimum Gasteiger partial charge on any atom is -0.264 e. The van der Waals surface area contributed by atoms with Crippen molar-refractivity contribution < 1.29 is 8.68 Å². The smallest absolute Gasteiger partial charge is 0.264 e. The molecule has 5 nitrogen and oxygen atoms in total. The highest BCUT2D eigenvalue weighted by molar-refractivity contribution is 6.03. The monoisotopic (exact) mass is 341 g/mol. The summed E-state index contributed by atoms with van der Waals surface area (Å²) in [5, 5.41) is 0. The number of benzene rings is 1. The van der Waals surface area contributed by atoms with E-state index < -0.39 is 6.98 Å². The first-order valence-electron chi connectivity index (χ1n) is 9.98. The van der Waals surface area contributed by atoms with Crippen molar-refractivity contribution in [2.45, 2.75) is 6.54 Å². The molecule has 6 rings (SSSR count). The van der Waals surface area contributed by atoms with Crippen molar-refractivity contribution >= 4 is 22.2 Å². The van der Waals surface area contributed by atoms with Gasteiger partial charge in [0.15, 0.2) is 0 Å². The van der Waals surface area contributed by atoms with Gasteiger partial charge in [0.25, 0.3) is 5.65 Å². The van der Waals surface area contributed by atoms with Gasteiger partial charge in [-0.25, -0.2) is 14.1 Å². The average molecular weight is 341 g/mol. The van der Waals surface area contributed by atoms with Crippen LogP contribution in [0.15, 0.2) is 67.1 Å². The van der Waals surface area contributed by atoms with Gasteiger partial charge in [0.05, 0.1) is 23.2 Å². The normalized spacial score (nSPS) is 14.8. The molecule has 5 heterocycles. The van der Waals surface area contributed by atoms with E-state index in [0.29, 0.717) is 23.2 Å². The molecule has 0 saturated carbocycles. The zero-order valence-corrected chi connectivity index (χ0v) is 13.8. The van der Waals surface area contributed by atoms with Crippen molar-refractivity contribution in [3.63, 3.8) is 0 Å². The Balaban J connectivity index is 1.89. The Morgan fingerprint density at radius 2 is 2.00 bits per heavy atom. The fourth-order valence-corrected chi connectivity index (χ4v) is 4.05. The lowest BCUT2D eigenvalue weighted by Crippen LogP contribution is -2.33. The number of fused-ring (bicyclic) bond motifs is 7. The molecule has 1 aliphatic rings. The maximum absolute atomic E-state index is 8.22. The highest BCUT2D eigenvalue weighted by Crippen LogP contribution is 2.36. The average Bonchev–Trinajstić information content (AvgIpc) is 3.34. The van der Waals surface area contributed by atoms with E-state index in [1.807, 2.05) is 48.7 Å². The van der Waals surface area contributed by atoms with Crippen LogP contribution < -0.4 is 4.57 Å². The second-order valence-corrected chi connectivity index (χ2v) is 6.49. The summed E-state index contributed by atoms with van der Waals surface area (Å²) in [7, 11) is 0. The minimum absolute atomic E-state index is 0.571. The zero-order valence-electron chi connectivity index (χ0n) is 16.8. The Kier molecular flexibility index (Phi) is 2.06. The maximum atomic E-state index is 8.22. The molecule has 0 unspecified atom stereocenters. The Hall–Kier alpha value is -3.47. The minimum atomic E-state index is -2.33. The molecule has 0 radical (unpaired) electrons. The summed E-state index contributed by atoms with van der Waals surface area (Å²) in [5.41, 5.74) is 5.83. The van der Waals surface area contributed by atoms with Gasteiger partial charge in [0.1, 0.15) is 16.7 Å². The first-order valence-corrected chi connectivity index (χ1v) is 8.48. The van der Waals surface area contributed by atoms with Gasteiger partial charge in [-0.1, -0.05) is 18.2 Å². The molecule has 0 amide bonds. The summed E-state index contributed by atoms with van der Waals surface area (Å²) in [6, 6.07) is 15.6. The standard InChI is InChI=1S/C21H16N5/c1-24-17-8-5-10-23-18(17)19-21(24)25-13-14-12-22-11-9-16(14)20(25)26(19)15-6-3-2-4-7-15/h2-12H,13H2,1H3/q+1/i1D3. The van der Waals surface area contributed by atoms with Crippen LogP contribution in [-0.2, 0) is 13.5 Å². The molecular formula is C21H16N5+. The molecule has 0 bridgehead atoms. The first-order chi connectivity index (χ1) is 14.1. The van der Waals surface area contributed by atoms with Crippen LogP contribution in [0.1, 0.15) is 9.68 Å². The van der Waals surface area contributed by atoms with E-state index in [1.165, 1.54) is 4.57 Å². The quantitative estimate of drug-likeness (QED) is 0.431. The largest absolute Gasteiger partial charge is 0.271 e. The van der Waals surface area contributed by atoms with Crippen LogP contribution in [0.2, 0.25) is 0 Å². The number of hydrogen-bond acceptors (Lipinski definition) is 2. The van der Waals surface area contributed by atoms with E-state index >= 15 is 0 Å². The van der Waals surface area contributed by atoms with E-state index in [2.05, 4.69) is 19.1 Å². The highest BCUT2D eigenvalue weighted by atomic mass is 15.3. The maximum Gasteiger partial charge on any atom is 0.271 e. The second-order valence-electron chi connectivity index (χ2n) is 6.49. The third kappa shape index (κ3) is 1.57. The van der Waals surface area contributed by atoms with E-state index in [9.17, 15) is 0 Å². The van der Waals surface area contributed by atoms with Gasteiger partial charge in [0, 0.05) is 24.2 Å². The van der Waals surface area contributed by atoms with Crippen LogP contribution >= 0.6 is 0 Å². The van der Waals surface area contributed by atoms with Crippen molar-refractivity contribution in [3.8, 4) is 17.1 Å². The van der Waals surface area contributed by atoms with Crippen molar-refractivity contribution in [2.24, 2.45) is 6.98 Å². The topological polar surface area (TPSA) is 39.5 Å². The number of aromatic nitrogens is 5. The molecule has 26 heavy (non-hydrogen) atoms. The summed E-state index contributed by atoms with van der Waals surface area (Å²) < 4.78 is 30.3. The number of rotatable bonds is 1. The molecule has 4 aromatic heterocycles. The molecule has 0 fully saturated rings. The van der Waals surface area contributed by atoms with E-state index in [-0.39, 0.29) is 0 Å². The first kappa shape index (κ1) is 11.2. The summed E-state index contributed by atoms with van der Waals surface area (Å²) in [4.78, 5) is 8.84. The van der Waals surface area contributed by atoms with E-state index in [1.54, 1.807) is 18.5 Å². The Labute approximate surface area is 154 Å². The molecule has 5 aromatic rings. The molecule has 5 heteroatoms. The molecule has 124 valence electrons. The van der Waals surface area contributed by atoms with E-state index in [0.717, 1.165) is 28.2 Å². The van der Waals surface area contributed by atoms with Crippen molar-refractivity contribution in [1.82, 2.24) is 19.1 Å². The zero-order chi connectivity index (χ0) is 19.8. The Morgan fingerprint density at radius 1 is 1.08 bits per heavy atom. The molecular weight excluding hydrogens is 322 g/mol. The van der Waals surface area contributed by atoms with Crippen LogP contribution in [0, 0.1) is 0 Å². The van der Waals surface area contributed by atoms with E-state index in [4.69, 9.17) is 4.11 Å². The van der Waals surface area contributed by atoms with Crippen LogP contribution in [0.5, 0.6) is 0 Å². The summed E-state index contributed by atoms with van der Waals surface area (Å²) in [6.07, 6.45) is 5.33. The summed E-state index contributed by atoms with van der Waals surface area (Å²) >= 11 is 0. The predicted molar refractivity (Wildman–Crippen MR) is 100 cm³/mol. The Bertz CT molecular complexity index is 1410. The third-order valence-corrected chi connectivity index (χ3v) is 5.11. The van der Waals surface area contributed by atoms with Crippen LogP contribution in [0.25, 0.3) is 39.3 Å². The van der Waals surface area contributed by atoms with Gasteiger partial charge in [-0.05, 0) is 30.3 Å². The van der Waals surface area contributed by atoms with Crippen molar-refractivity contribution in [3.05, 3.63) is 72.7 Å². The fourth-order valence-electron chi connectivity index (χ4n) is 4.05. The van der Waals surface area contributed by atoms with Gasteiger partial charge < -0.3 is 0 Å². The van der Waals surface area contributed by atoms with Gasteiger partial charge in [-0.3, -0.25) is 9.55 Å². The van der Waals surface area contributed by atoms with Gasteiger partial charge in [-0.15, -0.1) is 0 Å². The van der Waals surface area contributed by atoms with Gasteiger partial charge in [0.2, 0.25) is 11.3 Å². The molecule has 0 N–H and O–H groups in total. The number of nitrogens with zero attached hydrogens (tertiary/aromatic N) is 5. The number of hydrogen-bond donors (Lipinski definition) is 0. The summed E-state index contributed by atoms with van der Waals surface area (Å²) in [6.45, 7) is -1.76. The lowest BCUT2D eigenvalue weighted by Gasteiger charge is -2.03. The van der Waals surface area contributed by atoms with Gasteiger partial charge in [-0.2, -0.15) is 0 Å². The molecule has 0 spiro atoms. The molecule has 1 aliphatic heterocycles. The third-order valence-electron chi connectivity index (χ3n) is 5.11. The SMILES string of the molecule is [2H]C([2H])([2H])n1c2cccnc2c2c1[n+]1c(n2-c2ccccc2)-c2ccncc2C1. The molecule has 1 aromatic carbocycles. The fraction of sp³-hybridized carbons (Fsp3) is 0.0952. The number of aryl methyl sites for hydroxylation is 1. The molecule has 0 atom stereocenters. The molecule has 0 aliphatic carbocycles. The number of pyridine rings is 2. The second kappa shape index (κ2) is 4.79. The molecule has 0 saturated heterocycles. The lowest BCUT2D eigenvalue weighted by atomic mass is 10.1. The number of para-hydroxylation sites is 1. The van der Waals surface area contributed by atoms with Crippen LogP contribution in [-0.4, -0.2) is 19.1 Å². The van der Waals surface area contributed by atoms with Crippen LogP contribution in [0.4, 0.5) is 0 Å². The highest BCUT2D eigenvalue weighted by Gasteiger charge is 2.36.